The fraction of sp³-hybridized carbons (Fsp3) is 0.154. The first-order valence-corrected chi connectivity index (χ1v) is 5.42. The van der Waals surface area contributed by atoms with E-state index in [-0.39, 0.29) is 0 Å². The first kappa shape index (κ1) is 14.6. The van der Waals surface area contributed by atoms with Crippen LogP contribution < -0.4 is 0 Å². The average molecular weight is 263 g/mol. The molecule has 100 valence electrons. The summed E-state index contributed by atoms with van der Waals surface area (Å²) in [7, 11) is 0. The van der Waals surface area contributed by atoms with Crippen LogP contribution >= 0.6 is 0 Å². The van der Waals surface area contributed by atoms with E-state index in [4.69, 9.17) is 15.3 Å². The Morgan fingerprint density at radius 2 is 1.74 bits per heavy atom. The number of rotatable bonds is 3. The first-order chi connectivity index (χ1) is 9.00. The van der Waals surface area contributed by atoms with Gasteiger partial charge in [-0.1, -0.05) is 24.3 Å². The van der Waals surface area contributed by atoms with Gasteiger partial charge in [0.15, 0.2) is 6.10 Å². The predicted octanol–water partition coefficient (Wildman–Crippen LogP) is 1.14. The average Bonchev–Trinajstić information content (AvgIpc) is 2.39. The number of benzene rings is 1. The maximum Gasteiger partial charge on any atom is 0.333 e. The summed E-state index contributed by atoms with van der Waals surface area (Å²) < 4.78 is 0. The molecule has 0 aliphatic rings. The van der Waals surface area contributed by atoms with Gasteiger partial charge < -0.3 is 15.3 Å². The van der Waals surface area contributed by atoms with E-state index >= 15 is 0 Å². The second-order valence-corrected chi connectivity index (χ2v) is 3.67. The number of aliphatic hydroxyl groups excluding tert-OH is 1. The molecule has 0 bridgehead atoms. The molecule has 0 aliphatic heterocycles. The predicted molar refractivity (Wildman–Crippen MR) is 67.6 cm³/mol. The minimum Gasteiger partial charge on any atom is -0.481 e. The number of carboxylic acids is 2. The van der Waals surface area contributed by atoms with Crippen LogP contribution in [0, 0.1) is 0 Å². The van der Waals surface area contributed by atoms with E-state index in [2.05, 4.69) is 17.1 Å². The summed E-state index contributed by atoms with van der Waals surface area (Å²) in [6.07, 6.45) is 1.13. The minimum atomic E-state index is -1.79. The maximum atomic E-state index is 9.72. The lowest BCUT2D eigenvalue weighted by Crippen LogP contribution is -2.22. The van der Waals surface area contributed by atoms with Crippen LogP contribution in [0.25, 0.3) is 10.8 Å². The number of carbonyl (C=O) groups is 2. The molecule has 0 fully saturated rings. The molecule has 1 aromatic carbocycles. The molecule has 3 N–H and O–H groups in total. The highest BCUT2D eigenvalue weighted by molar-refractivity contribution is 5.81. The van der Waals surface area contributed by atoms with Gasteiger partial charge in [0.25, 0.3) is 0 Å². The van der Waals surface area contributed by atoms with E-state index in [0.717, 1.165) is 0 Å². The number of fused-ring (bicyclic) bond motifs is 1. The molecule has 1 atom stereocenters. The number of pyridine rings is 1. The zero-order chi connectivity index (χ0) is 14.3. The smallest absolute Gasteiger partial charge is 0.333 e. The Labute approximate surface area is 109 Å². The highest BCUT2D eigenvalue weighted by Gasteiger charge is 2.16. The molecule has 0 saturated carbocycles. The topological polar surface area (TPSA) is 108 Å². The van der Waals surface area contributed by atoms with Gasteiger partial charge in [0.2, 0.25) is 0 Å². The third-order valence-corrected chi connectivity index (χ3v) is 2.20. The monoisotopic (exact) mass is 263 g/mol. The van der Waals surface area contributed by atoms with Crippen LogP contribution in [-0.4, -0.2) is 38.3 Å². The van der Waals surface area contributed by atoms with Crippen molar-refractivity contribution in [1.29, 1.82) is 0 Å². The van der Waals surface area contributed by atoms with Gasteiger partial charge in [-0.05, 0) is 16.8 Å². The van der Waals surface area contributed by atoms with Gasteiger partial charge in [-0.3, -0.25) is 9.78 Å². The summed E-state index contributed by atoms with van der Waals surface area (Å²) in [5.74, 6) is -2.85. The van der Waals surface area contributed by atoms with Gasteiger partial charge in [-0.15, -0.1) is 0 Å². The SMILES string of the molecule is O=C(O)CC(O)C(=O)O.c1ccc2cnccc2c1. The van der Waals surface area contributed by atoms with Gasteiger partial charge in [-0.25, -0.2) is 4.79 Å². The molecule has 2 aromatic rings. The van der Waals surface area contributed by atoms with Crippen LogP contribution in [0.4, 0.5) is 0 Å². The third-order valence-electron chi connectivity index (χ3n) is 2.20. The summed E-state index contributed by atoms with van der Waals surface area (Å²) in [4.78, 5) is 23.4. The van der Waals surface area contributed by atoms with Crippen molar-refractivity contribution in [3.63, 3.8) is 0 Å². The lowest BCUT2D eigenvalue weighted by atomic mass is 10.2. The van der Waals surface area contributed by atoms with Crippen molar-refractivity contribution in [2.24, 2.45) is 0 Å². The molecule has 0 spiro atoms. The van der Waals surface area contributed by atoms with E-state index in [1.165, 1.54) is 10.8 Å². The van der Waals surface area contributed by atoms with Crippen LogP contribution in [0.1, 0.15) is 6.42 Å². The van der Waals surface area contributed by atoms with E-state index in [1.54, 1.807) is 0 Å². The molecule has 2 rings (SSSR count). The first-order valence-electron chi connectivity index (χ1n) is 5.42. The van der Waals surface area contributed by atoms with Gasteiger partial charge in [-0.2, -0.15) is 0 Å². The van der Waals surface area contributed by atoms with Gasteiger partial charge in [0.1, 0.15) is 0 Å². The Bertz CT molecular complexity index is 504. The number of hydrogen-bond donors (Lipinski definition) is 3. The minimum absolute atomic E-state index is 0.755. The molecular formula is C13H13NO5. The largest absolute Gasteiger partial charge is 0.481 e. The van der Waals surface area contributed by atoms with Crippen molar-refractivity contribution < 1.29 is 24.9 Å². The summed E-state index contributed by atoms with van der Waals surface area (Å²) in [6, 6.07) is 10.2. The van der Waals surface area contributed by atoms with Crippen molar-refractivity contribution in [3.05, 3.63) is 42.7 Å². The van der Waals surface area contributed by atoms with Crippen LogP contribution in [0.5, 0.6) is 0 Å². The highest BCUT2D eigenvalue weighted by atomic mass is 16.4. The van der Waals surface area contributed by atoms with Crippen LogP contribution in [0.15, 0.2) is 42.7 Å². The Morgan fingerprint density at radius 1 is 1.11 bits per heavy atom. The summed E-state index contributed by atoms with van der Waals surface area (Å²) in [6.45, 7) is 0. The Kier molecular flexibility index (Phi) is 5.43. The molecule has 0 radical (unpaired) electrons. The van der Waals surface area contributed by atoms with Crippen molar-refractivity contribution in [3.8, 4) is 0 Å². The second-order valence-electron chi connectivity index (χ2n) is 3.67. The third kappa shape index (κ3) is 5.13. The van der Waals surface area contributed by atoms with Crippen molar-refractivity contribution >= 4 is 22.7 Å². The van der Waals surface area contributed by atoms with Gasteiger partial charge in [0.05, 0.1) is 6.42 Å². The van der Waals surface area contributed by atoms with Crippen LogP contribution in [0.3, 0.4) is 0 Å². The lowest BCUT2D eigenvalue weighted by Gasteiger charge is -1.97. The van der Waals surface area contributed by atoms with E-state index < -0.39 is 24.5 Å². The van der Waals surface area contributed by atoms with Crippen LogP contribution in [-0.2, 0) is 9.59 Å². The molecule has 0 saturated heterocycles. The molecule has 1 heterocycles. The van der Waals surface area contributed by atoms with E-state index in [9.17, 15) is 9.59 Å². The maximum absolute atomic E-state index is 9.72. The molecule has 6 heteroatoms. The summed E-state index contributed by atoms with van der Waals surface area (Å²) in [5.41, 5.74) is 0. The Morgan fingerprint density at radius 3 is 2.21 bits per heavy atom. The molecule has 19 heavy (non-hydrogen) atoms. The fourth-order valence-corrected chi connectivity index (χ4v) is 1.28. The molecule has 0 amide bonds. The number of aliphatic carboxylic acids is 2. The molecule has 1 unspecified atom stereocenters. The number of nitrogens with zero attached hydrogens (tertiary/aromatic N) is 1. The standard InChI is InChI=1S/C9H7N.C4H6O5/c1-2-4-9-7-10-6-5-8(9)3-1;5-2(4(8)9)1-3(6)7/h1-7H;2,5H,1H2,(H,6,7)(H,8,9). The molecular weight excluding hydrogens is 250 g/mol. The number of aliphatic hydroxyl groups is 1. The second kappa shape index (κ2) is 7.07. The normalized spacial score (nSPS) is 11.2. The Hall–Kier alpha value is -2.47. The zero-order valence-electron chi connectivity index (χ0n) is 9.93. The Balaban J connectivity index is 0.000000192. The van der Waals surface area contributed by atoms with Crippen molar-refractivity contribution in [1.82, 2.24) is 4.98 Å². The van der Waals surface area contributed by atoms with E-state index in [0.29, 0.717) is 0 Å². The van der Waals surface area contributed by atoms with Crippen molar-refractivity contribution in [2.45, 2.75) is 12.5 Å². The summed E-state index contributed by atoms with van der Waals surface area (Å²) >= 11 is 0. The number of hydrogen-bond acceptors (Lipinski definition) is 4. The van der Waals surface area contributed by atoms with Gasteiger partial charge >= 0.3 is 11.9 Å². The van der Waals surface area contributed by atoms with Gasteiger partial charge in [0, 0.05) is 12.4 Å². The molecule has 1 aromatic heterocycles. The number of aromatic nitrogens is 1. The van der Waals surface area contributed by atoms with Crippen molar-refractivity contribution in [2.75, 3.05) is 0 Å². The number of carboxylic acid groups (broad SMARTS) is 2. The fourth-order valence-electron chi connectivity index (χ4n) is 1.28. The van der Waals surface area contributed by atoms with Crippen LogP contribution in [0.2, 0.25) is 0 Å². The van der Waals surface area contributed by atoms with E-state index in [1.807, 2.05) is 30.6 Å². The zero-order valence-corrected chi connectivity index (χ0v) is 9.93. The molecule has 6 nitrogen and oxygen atoms in total. The lowest BCUT2D eigenvalue weighted by molar-refractivity contribution is -0.152. The molecule has 0 aliphatic carbocycles. The quantitative estimate of drug-likeness (QED) is 0.766. The summed E-state index contributed by atoms with van der Waals surface area (Å²) in [5, 5.41) is 26.6. The highest BCUT2D eigenvalue weighted by Crippen LogP contribution is 2.09.